The Kier molecular flexibility index (Phi) is 3.75. The predicted octanol–water partition coefficient (Wildman–Crippen LogP) is 0.969. The zero-order valence-electron chi connectivity index (χ0n) is 9.76. The fourth-order valence-corrected chi connectivity index (χ4v) is 1.97. The summed E-state index contributed by atoms with van der Waals surface area (Å²) in [5.74, 6) is 0. The average molecular weight is 232 g/mol. The van der Waals surface area contributed by atoms with E-state index in [1.165, 1.54) is 0 Å². The van der Waals surface area contributed by atoms with Gasteiger partial charge in [0.1, 0.15) is 0 Å². The van der Waals surface area contributed by atoms with Crippen molar-refractivity contribution in [1.82, 2.24) is 5.32 Å². The highest BCUT2D eigenvalue weighted by Crippen LogP contribution is 2.16. The number of aliphatic hydroxyl groups is 1. The van der Waals surface area contributed by atoms with Crippen LogP contribution in [0.25, 0.3) is 0 Å². The fourth-order valence-electron chi connectivity index (χ4n) is 1.97. The maximum atomic E-state index is 9.64. The second-order valence-corrected chi connectivity index (χ2v) is 4.33. The molecule has 1 aromatic carbocycles. The van der Waals surface area contributed by atoms with E-state index in [0.717, 1.165) is 5.56 Å². The van der Waals surface area contributed by atoms with E-state index in [-0.39, 0.29) is 12.1 Å². The highest BCUT2D eigenvalue weighted by atomic mass is 16.5. The van der Waals surface area contributed by atoms with E-state index >= 15 is 0 Å². The van der Waals surface area contributed by atoms with E-state index in [1.807, 2.05) is 19.1 Å². The minimum atomic E-state index is -0.434. The lowest BCUT2D eigenvalue weighted by Crippen LogP contribution is -2.40. The van der Waals surface area contributed by atoms with Crippen LogP contribution >= 0.6 is 0 Å². The largest absolute Gasteiger partial charge is 0.389 e. The smallest absolute Gasteiger partial charge is 0.0991 e. The van der Waals surface area contributed by atoms with Crippen molar-refractivity contribution >= 4 is 0 Å². The van der Waals surface area contributed by atoms with Crippen LogP contribution in [0.15, 0.2) is 24.3 Å². The molecule has 1 aliphatic rings. The molecule has 1 heterocycles. The lowest BCUT2D eigenvalue weighted by molar-refractivity contribution is 0.121. The number of benzene rings is 1. The molecule has 0 saturated carbocycles. The Balaban J connectivity index is 1.99. The molecule has 3 atom stereocenters. The topological polar surface area (TPSA) is 65.3 Å². The molecule has 2 N–H and O–H groups in total. The molecule has 4 nitrogen and oxygen atoms in total. The van der Waals surface area contributed by atoms with Crippen molar-refractivity contribution in [2.24, 2.45) is 0 Å². The molecule has 0 aromatic heterocycles. The molecular formula is C13H16N2O2. The van der Waals surface area contributed by atoms with Gasteiger partial charge in [-0.1, -0.05) is 12.1 Å². The van der Waals surface area contributed by atoms with E-state index < -0.39 is 6.10 Å². The number of ether oxygens (including phenoxy) is 1. The lowest BCUT2D eigenvalue weighted by Gasteiger charge is -2.21. The maximum absolute atomic E-state index is 9.64. The fraction of sp³-hybridized carbons (Fsp3) is 0.462. The first-order chi connectivity index (χ1) is 8.20. The summed E-state index contributed by atoms with van der Waals surface area (Å²) in [4.78, 5) is 0. The van der Waals surface area contributed by atoms with Gasteiger partial charge in [-0.15, -0.1) is 0 Å². The molecule has 0 radical (unpaired) electrons. The highest BCUT2D eigenvalue weighted by molar-refractivity contribution is 5.32. The Hall–Kier alpha value is -1.41. The summed E-state index contributed by atoms with van der Waals surface area (Å²) in [5, 5.41) is 21.7. The molecule has 1 aromatic rings. The van der Waals surface area contributed by atoms with Gasteiger partial charge in [-0.3, -0.25) is 0 Å². The molecule has 1 fully saturated rings. The Morgan fingerprint density at radius 3 is 2.65 bits per heavy atom. The molecule has 90 valence electrons. The monoisotopic (exact) mass is 232 g/mol. The zero-order chi connectivity index (χ0) is 12.3. The van der Waals surface area contributed by atoms with Gasteiger partial charge in [0, 0.05) is 6.04 Å². The molecule has 1 aliphatic heterocycles. The first-order valence-corrected chi connectivity index (χ1v) is 5.72. The SMILES string of the molecule is CC(NC1COCC1O)c1ccc(C#N)cc1. The van der Waals surface area contributed by atoms with Gasteiger partial charge in [0.15, 0.2) is 0 Å². The van der Waals surface area contributed by atoms with E-state index in [9.17, 15) is 5.11 Å². The molecule has 17 heavy (non-hydrogen) atoms. The van der Waals surface area contributed by atoms with Crippen LogP contribution in [-0.2, 0) is 4.74 Å². The Morgan fingerprint density at radius 2 is 2.12 bits per heavy atom. The van der Waals surface area contributed by atoms with Gasteiger partial charge >= 0.3 is 0 Å². The second-order valence-electron chi connectivity index (χ2n) is 4.33. The molecule has 1 saturated heterocycles. The number of nitriles is 1. The third-order valence-corrected chi connectivity index (χ3v) is 3.05. The molecule has 2 rings (SSSR count). The van der Waals surface area contributed by atoms with Crippen molar-refractivity contribution in [3.8, 4) is 6.07 Å². The van der Waals surface area contributed by atoms with E-state index in [0.29, 0.717) is 18.8 Å². The van der Waals surface area contributed by atoms with Crippen LogP contribution < -0.4 is 5.32 Å². The van der Waals surface area contributed by atoms with Crippen LogP contribution in [0.2, 0.25) is 0 Å². The average Bonchev–Trinajstić information content (AvgIpc) is 2.75. The van der Waals surface area contributed by atoms with Crippen molar-refractivity contribution in [3.63, 3.8) is 0 Å². The number of hydrogen-bond acceptors (Lipinski definition) is 4. The van der Waals surface area contributed by atoms with E-state index in [1.54, 1.807) is 12.1 Å². The number of nitrogens with one attached hydrogen (secondary N) is 1. The highest BCUT2D eigenvalue weighted by Gasteiger charge is 2.27. The predicted molar refractivity (Wildman–Crippen MR) is 63.3 cm³/mol. The number of nitrogens with zero attached hydrogens (tertiary/aromatic N) is 1. The quantitative estimate of drug-likeness (QED) is 0.815. The summed E-state index contributed by atoms with van der Waals surface area (Å²) in [5.41, 5.74) is 1.76. The van der Waals surface area contributed by atoms with Crippen molar-refractivity contribution in [2.75, 3.05) is 13.2 Å². The van der Waals surface area contributed by atoms with Crippen molar-refractivity contribution in [1.29, 1.82) is 5.26 Å². The van der Waals surface area contributed by atoms with Crippen molar-refractivity contribution in [3.05, 3.63) is 35.4 Å². The molecule has 0 amide bonds. The summed E-state index contributed by atoms with van der Waals surface area (Å²) >= 11 is 0. The van der Waals surface area contributed by atoms with Gasteiger partial charge in [0.05, 0.1) is 37.0 Å². The Labute approximate surface area is 101 Å². The van der Waals surface area contributed by atoms with Crippen molar-refractivity contribution in [2.45, 2.75) is 25.1 Å². The van der Waals surface area contributed by atoms with Crippen molar-refractivity contribution < 1.29 is 9.84 Å². The van der Waals surface area contributed by atoms with Gasteiger partial charge in [-0.25, -0.2) is 0 Å². The molecule has 0 bridgehead atoms. The van der Waals surface area contributed by atoms with Gasteiger partial charge < -0.3 is 15.2 Å². The molecule has 0 spiro atoms. The summed E-state index contributed by atoms with van der Waals surface area (Å²) in [6.45, 7) is 2.98. The summed E-state index contributed by atoms with van der Waals surface area (Å²) < 4.78 is 5.19. The standard InChI is InChI=1S/C13H16N2O2/c1-9(15-12-7-17-8-13(12)16)11-4-2-10(6-14)3-5-11/h2-5,9,12-13,15-16H,7-8H2,1H3. The van der Waals surface area contributed by atoms with E-state index in [4.69, 9.17) is 10.00 Å². The van der Waals surface area contributed by atoms with Crippen LogP contribution in [-0.4, -0.2) is 30.5 Å². The number of hydrogen-bond donors (Lipinski definition) is 2. The zero-order valence-corrected chi connectivity index (χ0v) is 9.76. The first kappa shape index (κ1) is 12.1. The van der Waals surface area contributed by atoms with Gasteiger partial charge in [-0.2, -0.15) is 5.26 Å². The van der Waals surface area contributed by atoms with Crippen LogP contribution in [0.5, 0.6) is 0 Å². The maximum Gasteiger partial charge on any atom is 0.0991 e. The minimum Gasteiger partial charge on any atom is -0.389 e. The number of rotatable bonds is 3. The first-order valence-electron chi connectivity index (χ1n) is 5.72. The van der Waals surface area contributed by atoms with Crippen LogP contribution in [0, 0.1) is 11.3 Å². The van der Waals surface area contributed by atoms with E-state index in [2.05, 4.69) is 11.4 Å². The second kappa shape index (κ2) is 5.28. The molecule has 3 unspecified atom stereocenters. The lowest BCUT2D eigenvalue weighted by atomic mass is 10.0. The normalized spacial score (nSPS) is 25.5. The minimum absolute atomic E-state index is 0.0133. The summed E-state index contributed by atoms with van der Waals surface area (Å²) in [6.07, 6.45) is -0.434. The third-order valence-electron chi connectivity index (χ3n) is 3.05. The Morgan fingerprint density at radius 1 is 1.41 bits per heavy atom. The molecule has 4 heteroatoms. The van der Waals surface area contributed by atoms with Gasteiger partial charge in [-0.05, 0) is 24.6 Å². The van der Waals surface area contributed by atoms with Gasteiger partial charge in [0.25, 0.3) is 0 Å². The summed E-state index contributed by atoms with van der Waals surface area (Å²) in [6, 6.07) is 9.67. The van der Waals surface area contributed by atoms with Crippen LogP contribution in [0.1, 0.15) is 24.1 Å². The summed E-state index contributed by atoms with van der Waals surface area (Å²) in [7, 11) is 0. The number of aliphatic hydroxyl groups excluding tert-OH is 1. The third kappa shape index (κ3) is 2.83. The Bertz CT molecular complexity index is 410. The van der Waals surface area contributed by atoms with Crippen LogP contribution in [0.3, 0.4) is 0 Å². The van der Waals surface area contributed by atoms with Crippen LogP contribution in [0.4, 0.5) is 0 Å². The molecular weight excluding hydrogens is 216 g/mol. The molecule has 0 aliphatic carbocycles. The van der Waals surface area contributed by atoms with Gasteiger partial charge in [0.2, 0.25) is 0 Å².